The molecule has 2 saturated heterocycles. The van der Waals surface area contributed by atoms with E-state index in [-0.39, 0.29) is 5.91 Å². The van der Waals surface area contributed by atoms with E-state index in [2.05, 4.69) is 27.2 Å². The fourth-order valence-corrected chi connectivity index (χ4v) is 3.47. The summed E-state index contributed by atoms with van der Waals surface area (Å²) >= 11 is 0. The van der Waals surface area contributed by atoms with Gasteiger partial charge in [-0.2, -0.15) is 19.6 Å². The zero-order chi connectivity index (χ0) is 19.1. The Bertz CT molecular complexity index is 968. The Hall–Kier alpha value is -2.94. The molecule has 1 amide bonds. The van der Waals surface area contributed by atoms with Crippen molar-refractivity contribution in [2.75, 3.05) is 36.5 Å². The molecule has 0 unspecified atom stereocenters. The van der Waals surface area contributed by atoms with Crippen molar-refractivity contribution in [3.8, 4) is 0 Å². The minimum atomic E-state index is -0.0382. The number of rotatable bonds is 4. The first-order valence-electron chi connectivity index (χ1n) is 9.72. The van der Waals surface area contributed by atoms with Crippen LogP contribution < -0.4 is 15.5 Å². The van der Waals surface area contributed by atoms with Gasteiger partial charge in [0.05, 0.1) is 19.2 Å². The lowest BCUT2D eigenvalue weighted by atomic mass is 10.1. The zero-order valence-electron chi connectivity index (χ0n) is 15.6. The molecule has 2 aromatic rings. The number of amides is 1. The lowest BCUT2D eigenvalue weighted by Crippen LogP contribution is -2.28. The third kappa shape index (κ3) is 3.33. The van der Waals surface area contributed by atoms with Crippen LogP contribution in [0.4, 0.5) is 11.9 Å². The number of aromatic nitrogens is 4. The van der Waals surface area contributed by atoms with Gasteiger partial charge in [-0.3, -0.25) is 4.79 Å². The number of nitrogens with one attached hydrogen (secondary N) is 2. The van der Waals surface area contributed by atoms with Gasteiger partial charge in [0.2, 0.25) is 17.8 Å². The fourth-order valence-electron chi connectivity index (χ4n) is 3.47. The highest BCUT2D eigenvalue weighted by atomic mass is 16.5. The molecule has 2 aliphatic heterocycles. The van der Waals surface area contributed by atoms with E-state index < -0.39 is 0 Å². The van der Waals surface area contributed by atoms with Crippen LogP contribution in [0.3, 0.4) is 0 Å². The maximum absolute atomic E-state index is 11.6. The number of carbonyl (C=O) groups excluding carboxylic acids is 1. The molecule has 3 aliphatic rings. The second-order valence-corrected chi connectivity index (χ2v) is 7.43. The van der Waals surface area contributed by atoms with Crippen LogP contribution in [0.5, 0.6) is 0 Å². The van der Waals surface area contributed by atoms with Gasteiger partial charge in [-0.25, -0.2) is 0 Å². The molecular formula is C19H23N7O2. The first kappa shape index (κ1) is 17.2. The Morgan fingerprint density at radius 2 is 2.18 bits per heavy atom. The number of fused-ring (bicyclic) bond motifs is 1. The molecule has 28 heavy (non-hydrogen) atoms. The van der Waals surface area contributed by atoms with Gasteiger partial charge in [0, 0.05) is 37.0 Å². The van der Waals surface area contributed by atoms with Crippen LogP contribution in [0.15, 0.2) is 24.0 Å². The van der Waals surface area contributed by atoms with Crippen LogP contribution in [0.25, 0.3) is 11.7 Å². The summed E-state index contributed by atoms with van der Waals surface area (Å²) in [5.74, 6) is 1.35. The molecule has 2 N–H and O–H groups in total. The summed E-state index contributed by atoms with van der Waals surface area (Å²) in [4.78, 5) is 23.4. The largest absolute Gasteiger partial charge is 0.380 e. The average molecular weight is 381 g/mol. The molecule has 1 saturated carbocycles. The maximum atomic E-state index is 11.6. The smallest absolute Gasteiger partial charge is 0.230 e. The highest BCUT2D eigenvalue weighted by Gasteiger charge is 2.25. The zero-order valence-corrected chi connectivity index (χ0v) is 15.6. The van der Waals surface area contributed by atoms with Crippen molar-refractivity contribution in [2.45, 2.75) is 31.7 Å². The summed E-state index contributed by atoms with van der Waals surface area (Å²) < 4.78 is 7.31. The van der Waals surface area contributed by atoms with E-state index >= 15 is 0 Å². The number of hydrogen-bond acceptors (Lipinski definition) is 7. The minimum absolute atomic E-state index is 0.0382. The molecule has 9 nitrogen and oxygen atoms in total. The van der Waals surface area contributed by atoms with E-state index in [1.54, 1.807) is 10.7 Å². The van der Waals surface area contributed by atoms with Crippen LogP contribution in [0, 0.1) is 0 Å². The summed E-state index contributed by atoms with van der Waals surface area (Å²) in [6.07, 6.45) is 7.26. The second-order valence-electron chi connectivity index (χ2n) is 7.43. The molecule has 9 heteroatoms. The van der Waals surface area contributed by atoms with Crippen molar-refractivity contribution < 1.29 is 9.53 Å². The predicted molar refractivity (Wildman–Crippen MR) is 105 cm³/mol. The summed E-state index contributed by atoms with van der Waals surface area (Å²) in [7, 11) is 0. The van der Waals surface area contributed by atoms with Crippen LogP contribution in [-0.2, 0) is 9.53 Å². The van der Waals surface area contributed by atoms with Crippen molar-refractivity contribution >= 4 is 29.5 Å². The van der Waals surface area contributed by atoms with E-state index in [1.807, 2.05) is 6.08 Å². The fraction of sp³-hybridized carbons (Fsp3) is 0.474. The maximum Gasteiger partial charge on any atom is 0.230 e. The second kappa shape index (κ2) is 6.90. The predicted octanol–water partition coefficient (Wildman–Crippen LogP) is 1.34. The Balaban J connectivity index is 1.58. The quantitative estimate of drug-likeness (QED) is 0.825. The number of anilines is 2. The lowest BCUT2D eigenvalue weighted by Gasteiger charge is -2.20. The number of nitrogens with zero attached hydrogens (tertiary/aromatic N) is 5. The molecule has 4 heterocycles. The van der Waals surface area contributed by atoms with E-state index in [0.29, 0.717) is 36.7 Å². The number of hydrogen-bond donors (Lipinski definition) is 2. The lowest BCUT2D eigenvalue weighted by molar-refractivity contribution is -0.118. The SMILES string of the molecule is C=C1NC(=O)C/C1=C\c1cnn2c(NC3CC3)nc(N3CCCOCC3)nc12. The van der Waals surface area contributed by atoms with E-state index in [1.165, 1.54) is 0 Å². The molecule has 0 radical (unpaired) electrons. The molecule has 5 rings (SSSR count). The molecular weight excluding hydrogens is 358 g/mol. The van der Waals surface area contributed by atoms with Gasteiger partial charge in [0.25, 0.3) is 0 Å². The Kier molecular flexibility index (Phi) is 4.23. The van der Waals surface area contributed by atoms with Gasteiger partial charge in [-0.15, -0.1) is 0 Å². The van der Waals surface area contributed by atoms with Crippen LogP contribution in [-0.4, -0.2) is 57.8 Å². The van der Waals surface area contributed by atoms with E-state index in [4.69, 9.17) is 14.7 Å². The third-order valence-corrected chi connectivity index (χ3v) is 5.16. The van der Waals surface area contributed by atoms with E-state index in [9.17, 15) is 4.79 Å². The average Bonchev–Trinajstić information content (AvgIpc) is 3.39. The standard InChI is InChI=1S/C19H23N7O2/c1-12-13(10-16(27)21-12)9-14-11-20-26-17(14)23-18(24-19(26)22-15-3-4-15)25-5-2-7-28-8-6-25/h9,11,15H,1-8,10H2,(H,21,27)(H,22,23,24)/b13-9+. The number of carbonyl (C=O) groups is 1. The van der Waals surface area contributed by atoms with Gasteiger partial charge in [-0.05, 0) is 30.9 Å². The van der Waals surface area contributed by atoms with Crippen LogP contribution in [0.2, 0.25) is 0 Å². The summed E-state index contributed by atoms with van der Waals surface area (Å²) in [5, 5.41) is 10.7. The van der Waals surface area contributed by atoms with Crippen molar-refractivity contribution in [2.24, 2.45) is 0 Å². The summed E-state index contributed by atoms with van der Waals surface area (Å²) in [5.41, 5.74) is 3.07. The van der Waals surface area contributed by atoms with Crippen molar-refractivity contribution in [1.82, 2.24) is 24.9 Å². The van der Waals surface area contributed by atoms with Gasteiger partial charge in [0.1, 0.15) is 0 Å². The Morgan fingerprint density at radius 1 is 1.29 bits per heavy atom. The first-order valence-corrected chi connectivity index (χ1v) is 9.72. The van der Waals surface area contributed by atoms with Gasteiger partial charge >= 0.3 is 0 Å². The number of allylic oxidation sites excluding steroid dienone is 1. The van der Waals surface area contributed by atoms with Crippen molar-refractivity contribution in [1.29, 1.82) is 0 Å². The molecule has 1 aliphatic carbocycles. The summed E-state index contributed by atoms with van der Waals surface area (Å²) in [6, 6.07) is 0.445. The Labute approximate surface area is 162 Å². The molecule has 0 atom stereocenters. The van der Waals surface area contributed by atoms with Crippen LogP contribution in [0.1, 0.15) is 31.2 Å². The molecule has 2 aromatic heterocycles. The van der Waals surface area contributed by atoms with Gasteiger partial charge in [0.15, 0.2) is 5.65 Å². The van der Waals surface area contributed by atoms with Gasteiger partial charge in [-0.1, -0.05) is 6.58 Å². The monoisotopic (exact) mass is 381 g/mol. The third-order valence-electron chi connectivity index (χ3n) is 5.16. The highest BCUT2D eigenvalue weighted by Crippen LogP contribution is 2.28. The molecule has 0 aromatic carbocycles. The van der Waals surface area contributed by atoms with Crippen LogP contribution >= 0.6 is 0 Å². The molecule has 146 valence electrons. The molecule has 3 fully saturated rings. The molecule has 0 spiro atoms. The minimum Gasteiger partial charge on any atom is -0.380 e. The number of ether oxygens (including phenoxy) is 1. The molecule has 0 bridgehead atoms. The van der Waals surface area contributed by atoms with Gasteiger partial charge < -0.3 is 20.3 Å². The van der Waals surface area contributed by atoms with E-state index in [0.717, 1.165) is 55.7 Å². The summed E-state index contributed by atoms with van der Waals surface area (Å²) in [6.45, 7) is 6.97. The van der Waals surface area contributed by atoms with Crippen molar-refractivity contribution in [3.63, 3.8) is 0 Å². The topological polar surface area (TPSA) is 96.7 Å². The normalized spacial score (nSPS) is 22.0. The Morgan fingerprint density at radius 3 is 2.96 bits per heavy atom. The highest BCUT2D eigenvalue weighted by molar-refractivity contribution is 5.89. The van der Waals surface area contributed by atoms with Crippen molar-refractivity contribution in [3.05, 3.63) is 29.6 Å². The first-order chi connectivity index (χ1) is 13.7.